The highest BCUT2D eigenvalue weighted by Crippen LogP contribution is 2.24. The molecular formula is C14H16F2O3. The molecule has 0 aromatic heterocycles. The van der Waals surface area contributed by atoms with E-state index >= 15 is 0 Å². The predicted molar refractivity (Wildman–Crippen MR) is 66.6 cm³/mol. The molecule has 0 saturated carbocycles. The van der Waals surface area contributed by atoms with Crippen LogP contribution in [0.15, 0.2) is 30.9 Å². The van der Waals surface area contributed by atoms with Gasteiger partial charge in [0.2, 0.25) is 0 Å². The van der Waals surface area contributed by atoms with Gasteiger partial charge < -0.3 is 9.47 Å². The summed E-state index contributed by atoms with van der Waals surface area (Å²) in [4.78, 5) is 11.5. The Balaban J connectivity index is 2.84. The van der Waals surface area contributed by atoms with Crippen molar-refractivity contribution in [1.29, 1.82) is 0 Å². The molecule has 1 unspecified atom stereocenters. The molecule has 0 spiro atoms. The quantitative estimate of drug-likeness (QED) is 0.611. The number of hydrogen-bond acceptors (Lipinski definition) is 3. The van der Waals surface area contributed by atoms with Gasteiger partial charge in [0.15, 0.2) is 6.10 Å². The Kier molecular flexibility index (Phi) is 4.64. The van der Waals surface area contributed by atoms with Crippen molar-refractivity contribution in [1.82, 2.24) is 0 Å². The van der Waals surface area contributed by atoms with Crippen LogP contribution in [0.2, 0.25) is 0 Å². The minimum Gasteiger partial charge on any atom is -0.429 e. The van der Waals surface area contributed by atoms with Crippen molar-refractivity contribution < 1.29 is 23.0 Å². The summed E-state index contributed by atoms with van der Waals surface area (Å²) in [5.41, 5.74) is -0.702. The Morgan fingerprint density at radius 3 is 2.47 bits per heavy atom. The van der Waals surface area contributed by atoms with Crippen molar-refractivity contribution in [2.45, 2.75) is 32.5 Å². The second-order valence-corrected chi connectivity index (χ2v) is 4.90. The van der Waals surface area contributed by atoms with Crippen molar-refractivity contribution in [3.63, 3.8) is 0 Å². The smallest absolute Gasteiger partial charge is 0.429 e. The maximum absolute atomic E-state index is 13.6. The molecule has 1 aromatic rings. The van der Waals surface area contributed by atoms with E-state index in [2.05, 4.69) is 6.58 Å². The number of ether oxygens (including phenoxy) is 2. The van der Waals surface area contributed by atoms with E-state index in [1.54, 1.807) is 20.8 Å². The molecule has 0 heterocycles. The molecule has 0 fully saturated rings. The topological polar surface area (TPSA) is 35.5 Å². The van der Waals surface area contributed by atoms with Gasteiger partial charge in [-0.3, -0.25) is 0 Å². The Morgan fingerprint density at radius 2 is 2.00 bits per heavy atom. The van der Waals surface area contributed by atoms with Crippen LogP contribution in [0, 0.1) is 11.6 Å². The van der Waals surface area contributed by atoms with Crippen molar-refractivity contribution in [3.8, 4) is 0 Å². The third-order valence-electron chi connectivity index (χ3n) is 2.10. The minimum absolute atomic E-state index is 0.0160. The van der Waals surface area contributed by atoms with E-state index in [0.29, 0.717) is 6.07 Å². The predicted octanol–water partition coefficient (Wildman–Crippen LogP) is 4.14. The Hall–Kier alpha value is -1.91. The first-order chi connectivity index (χ1) is 8.73. The normalized spacial score (nSPS) is 12.7. The largest absolute Gasteiger partial charge is 0.509 e. The number of rotatable bonds is 3. The fourth-order valence-corrected chi connectivity index (χ4v) is 1.35. The van der Waals surface area contributed by atoms with Crippen molar-refractivity contribution in [2.24, 2.45) is 0 Å². The van der Waals surface area contributed by atoms with Crippen LogP contribution in [0.1, 0.15) is 32.4 Å². The summed E-state index contributed by atoms with van der Waals surface area (Å²) in [7, 11) is 0. The maximum Gasteiger partial charge on any atom is 0.509 e. The third-order valence-corrected chi connectivity index (χ3v) is 2.10. The molecule has 0 radical (unpaired) electrons. The first-order valence-electron chi connectivity index (χ1n) is 5.70. The van der Waals surface area contributed by atoms with E-state index in [4.69, 9.17) is 9.47 Å². The van der Waals surface area contributed by atoms with Gasteiger partial charge in [0.25, 0.3) is 0 Å². The molecule has 0 amide bonds. The number of carbonyl (C=O) groups is 1. The van der Waals surface area contributed by atoms with Crippen molar-refractivity contribution in [2.75, 3.05) is 0 Å². The van der Waals surface area contributed by atoms with Gasteiger partial charge in [-0.15, -0.1) is 0 Å². The highest BCUT2D eigenvalue weighted by molar-refractivity contribution is 5.61. The molecule has 104 valence electrons. The molecule has 0 aliphatic carbocycles. The van der Waals surface area contributed by atoms with E-state index in [1.165, 1.54) is 12.1 Å². The van der Waals surface area contributed by atoms with Crippen LogP contribution in [0.3, 0.4) is 0 Å². The van der Waals surface area contributed by atoms with Gasteiger partial charge in [0.1, 0.15) is 17.2 Å². The van der Waals surface area contributed by atoms with E-state index < -0.39 is 29.5 Å². The summed E-state index contributed by atoms with van der Waals surface area (Å²) in [6.45, 7) is 8.49. The average molecular weight is 270 g/mol. The summed E-state index contributed by atoms with van der Waals surface area (Å²) >= 11 is 0. The second kappa shape index (κ2) is 5.82. The van der Waals surface area contributed by atoms with E-state index in [-0.39, 0.29) is 5.56 Å². The minimum atomic E-state index is -1.03. The SMILES string of the molecule is C=CC(OC(=O)OC(C)(C)C)c1ccc(F)cc1F. The lowest BCUT2D eigenvalue weighted by atomic mass is 10.1. The lowest BCUT2D eigenvalue weighted by molar-refractivity contribution is -0.0192. The summed E-state index contributed by atoms with van der Waals surface area (Å²) in [6.07, 6.45) is -0.739. The molecule has 19 heavy (non-hydrogen) atoms. The second-order valence-electron chi connectivity index (χ2n) is 4.90. The van der Waals surface area contributed by atoms with Crippen LogP contribution >= 0.6 is 0 Å². The summed E-state index contributed by atoms with van der Waals surface area (Å²) in [5.74, 6) is -1.52. The van der Waals surface area contributed by atoms with Crippen molar-refractivity contribution >= 4 is 6.16 Å². The highest BCUT2D eigenvalue weighted by Gasteiger charge is 2.22. The zero-order valence-corrected chi connectivity index (χ0v) is 11.1. The van der Waals surface area contributed by atoms with E-state index in [1.807, 2.05) is 0 Å². The lowest BCUT2D eigenvalue weighted by Gasteiger charge is -2.21. The zero-order valence-electron chi connectivity index (χ0n) is 11.1. The van der Waals surface area contributed by atoms with Crippen LogP contribution in [-0.2, 0) is 9.47 Å². The standard InChI is InChI=1S/C14H16F2O3/c1-5-12(18-13(17)19-14(2,3)4)10-7-6-9(15)8-11(10)16/h5-8,12H,1H2,2-4H3. The molecule has 0 bridgehead atoms. The third kappa shape index (κ3) is 4.69. The van der Waals surface area contributed by atoms with Gasteiger partial charge in [-0.1, -0.05) is 6.58 Å². The molecule has 0 saturated heterocycles. The van der Waals surface area contributed by atoms with Crippen LogP contribution in [0.25, 0.3) is 0 Å². The summed E-state index contributed by atoms with van der Waals surface area (Å²) < 4.78 is 36.2. The van der Waals surface area contributed by atoms with Gasteiger partial charge in [-0.05, 0) is 39.0 Å². The number of hydrogen-bond donors (Lipinski definition) is 0. The first-order valence-corrected chi connectivity index (χ1v) is 5.70. The molecule has 0 aliphatic heterocycles. The van der Waals surface area contributed by atoms with Crippen LogP contribution in [-0.4, -0.2) is 11.8 Å². The Labute approximate surface area is 110 Å². The fraction of sp³-hybridized carbons (Fsp3) is 0.357. The van der Waals surface area contributed by atoms with Crippen LogP contribution in [0.5, 0.6) is 0 Å². The molecule has 0 N–H and O–H groups in total. The molecule has 3 nitrogen and oxygen atoms in total. The van der Waals surface area contributed by atoms with Gasteiger partial charge >= 0.3 is 6.16 Å². The summed E-state index contributed by atoms with van der Waals surface area (Å²) in [5, 5.41) is 0. The lowest BCUT2D eigenvalue weighted by Crippen LogP contribution is -2.25. The molecule has 5 heteroatoms. The maximum atomic E-state index is 13.6. The fourth-order valence-electron chi connectivity index (χ4n) is 1.35. The van der Waals surface area contributed by atoms with Crippen LogP contribution in [0.4, 0.5) is 13.6 Å². The molecule has 1 aromatic carbocycles. The highest BCUT2D eigenvalue weighted by atomic mass is 19.1. The van der Waals surface area contributed by atoms with Crippen LogP contribution < -0.4 is 0 Å². The number of halogens is 2. The van der Waals surface area contributed by atoms with Gasteiger partial charge in [-0.2, -0.15) is 0 Å². The molecule has 1 atom stereocenters. The first kappa shape index (κ1) is 15.1. The molecule has 0 aliphatic rings. The number of carbonyl (C=O) groups excluding carboxylic acids is 1. The van der Waals surface area contributed by atoms with E-state index in [0.717, 1.165) is 6.07 Å². The van der Waals surface area contributed by atoms with Crippen molar-refractivity contribution in [3.05, 3.63) is 48.1 Å². The number of benzene rings is 1. The Morgan fingerprint density at radius 1 is 1.37 bits per heavy atom. The molecular weight excluding hydrogens is 254 g/mol. The summed E-state index contributed by atoms with van der Waals surface area (Å²) in [6, 6.07) is 2.99. The average Bonchev–Trinajstić information content (AvgIpc) is 2.24. The molecule has 1 rings (SSSR count). The van der Waals surface area contributed by atoms with Gasteiger partial charge in [-0.25, -0.2) is 13.6 Å². The van der Waals surface area contributed by atoms with Gasteiger partial charge in [0, 0.05) is 11.6 Å². The Bertz CT molecular complexity index is 478. The zero-order chi connectivity index (χ0) is 14.6. The monoisotopic (exact) mass is 270 g/mol. The van der Waals surface area contributed by atoms with E-state index in [9.17, 15) is 13.6 Å². The van der Waals surface area contributed by atoms with Gasteiger partial charge in [0.05, 0.1) is 0 Å².